The number of carbonyl (C=O) groups excluding carboxylic acids is 3. The standard InChI is InChI=1S/C26H25N3O6/c1-15-11-20(16(2)29(15)18-6-8-19(33-4)9-7-18)21(30)13-28-24(31)26(3,27-25(28)32)17-5-10-22-23(12-17)35-14-34-22/h5-12H,13-14H2,1-4H3,(H,27,32)/t26-/m1/s1. The van der Waals surface area contributed by atoms with Crippen LogP contribution in [0.5, 0.6) is 17.2 Å². The highest BCUT2D eigenvalue weighted by Gasteiger charge is 2.50. The maximum atomic E-state index is 13.3. The fraction of sp³-hybridized carbons (Fsp3) is 0.269. The molecule has 3 amide bonds. The topological polar surface area (TPSA) is 99.1 Å². The molecule has 0 aliphatic carbocycles. The van der Waals surface area contributed by atoms with Crippen molar-refractivity contribution in [2.75, 3.05) is 20.4 Å². The molecule has 0 unspecified atom stereocenters. The Kier molecular flexibility index (Phi) is 5.27. The number of methoxy groups -OCH3 is 1. The Morgan fingerprint density at radius 1 is 1.06 bits per heavy atom. The van der Waals surface area contributed by atoms with E-state index in [9.17, 15) is 14.4 Å². The van der Waals surface area contributed by atoms with Gasteiger partial charge < -0.3 is 24.1 Å². The lowest BCUT2D eigenvalue weighted by atomic mass is 9.91. The highest BCUT2D eigenvalue weighted by atomic mass is 16.7. The number of hydrogen-bond donors (Lipinski definition) is 1. The first-order chi connectivity index (χ1) is 16.7. The van der Waals surface area contributed by atoms with Gasteiger partial charge >= 0.3 is 6.03 Å². The molecule has 1 N–H and O–H groups in total. The van der Waals surface area contributed by atoms with Gasteiger partial charge in [-0.2, -0.15) is 0 Å². The molecule has 9 heteroatoms. The van der Waals surface area contributed by atoms with Gasteiger partial charge in [0.15, 0.2) is 17.3 Å². The van der Waals surface area contributed by atoms with E-state index in [2.05, 4.69) is 5.32 Å². The van der Waals surface area contributed by atoms with Crippen LogP contribution in [0.4, 0.5) is 4.79 Å². The Labute approximate surface area is 202 Å². The van der Waals surface area contributed by atoms with Crippen molar-refractivity contribution in [1.82, 2.24) is 14.8 Å². The second-order valence-corrected chi connectivity index (χ2v) is 8.76. The van der Waals surface area contributed by atoms with Crippen molar-refractivity contribution >= 4 is 17.7 Å². The molecule has 1 aromatic heterocycles. The number of carbonyl (C=O) groups is 3. The number of aryl methyl sites for hydroxylation is 1. The number of aromatic nitrogens is 1. The number of Topliss-reactive ketones (excluding diaryl/α,β-unsaturated/α-hetero) is 1. The summed E-state index contributed by atoms with van der Waals surface area (Å²) in [5.74, 6) is 0.992. The normalized spacial score (nSPS) is 18.7. The van der Waals surface area contributed by atoms with Crippen LogP contribution >= 0.6 is 0 Å². The van der Waals surface area contributed by atoms with E-state index < -0.39 is 17.5 Å². The number of hydrogen-bond acceptors (Lipinski definition) is 6. The number of rotatable bonds is 6. The molecule has 0 saturated carbocycles. The van der Waals surface area contributed by atoms with Crippen molar-refractivity contribution in [2.24, 2.45) is 0 Å². The average Bonchev–Trinajstić information content (AvgIpc) is 3.50. The Hall–Kier alpha value is -4.27. The summed E-state index contributed by atoms with van der Waals surface area (Å²) in [7, 11) is 1.60. The number of urea groups is 1. The Morgan fingerprint density at radius 2 is 1.77 bits per heavy atom. The van der Waals surface area contributed by atoms with Gasteiger partial charge in [0.25, 0.3) is 5.91 Å². The number of fused-ring (bicyclic) bond motifs is 1. The number of imide groups is 1. The first-order valence-corrected chi connectivity index (χ1v) is 11.1. The van der Waals surface area contributed by atoms with Crippen molar-refractivity contribution in [2.45, 2.75) is 26.3 Å². The third-order valence-electron chi connectivity index (χ3n) is 6.59. The first kappa shape index (κ1) is 22.5. The van der Waals surface area contributed by atoms with E-state index >= 15 is 0 Å². The molecule has 1 saturated heterocycles. The van der Waals surface area contributed by atoms with Crippen molar-refractivity contribution in [3.63, 3.8) is 0 Å². The fourth-order valence-electron chi connectivity index (χ4n) is 4.65. The highest BCUT2D eigenvalue weighted by Crippen LogP contribution is 2.38. The molecular weight excluding hydrogens is 450 g/mol. The van der Waals surface area contributed by atoms with Crippen LogP contribution in [0.3, 0.4) is 0 Å². The van der Waals surface area contributed by atoms with Gasteiger partial charge in [0.05, 0.1) is 13.7 Å². The largest absolute Gasteiger partial charge is 0.497 e. The lowest BCUT2D eigenvalue weighted by molar-refractivity contribution is -0.130. The van der Waals surface area contributed by atoms with Crippen LogP contribution in [-0.2, 0) is 10.3 Å². The molecule has 3 heterocycles. The number of ether oxygens (including phenoxy) is 3. The fourth-order valence-corrected chi connectivity index (χ4v) is 4.65. The summed E-state index contributed by atoms with van der Waals surface area (Å²) in [5.41, 5.74) is 2.15. The maximum Gasteiger partial charge on any atom is 0.325 e. The quantitative estimate of drug-likeness (QED) is 0.433. The molecule has 2 aliphatic rings. The van der Waals surface area contributed by atoms with Crippen molar-refractivity contribution in [1.29, 1.82) is 0 Å². The maximum absolute atomic E-state index is 13.3. The summed E-state index contributed by atoms with van der Waals surface area (Å²) < 4.78 is 17.9. The predicted molar refractivity (Wildman–Crippen MR) is 126 cm³/mol. The van der Waals surface area contributed by atoms with Crippen LogP contribution in [0.15, 0.2) is 48.5 Å². The van der Waals surface area contributed by atoms with Crippen LogP contribution in [0.25, 0.3) is 5.69 Å². The van der Waals surface area contributed by atoms with Crippen molar-refractivity contribution in [3.05, 3.63) is 71.0 Å². The number of ketones is 1. The van der Waals surface area contributed by atoms with Gasteiger partial charge in [-0.05, 0) is 68.8 Å². The summed E-state index contributed by atoms with van der Waals surface area (Å²) in [5, 5.41) is 2.73. The van der Waals surface area contributed by atoms with Crippen LogP contribution in [0.2, 0.25) is 0 Å². The van der Waals surface area contributed by atoms with E-state index in [1.165, 1.54) is 0 Å². The van der Waals surface area contributed by atoms with Crippen molar-refractivity contribution < 1.29 is 28.6 Å². The van der Waals surface area contributed by atoms with Crippen LogP contribution in [0, 0.1) is 13.8 Å². The van der Waals surface area contributed by atoms with Gasteiger partial charge in [-0.15, -0.1) is 0 Å². The minimum atomic E-state index is -1.32. The zero-order valence-corrected chi connectivity index (χ0v) is 19.9. The molecular formula is C26H25N3O6. The SMILES string of the molecule is COc1ccc(-n2c(C)cc(C(=O)CN3C(=O)N[C@](C)(c4ccc5c(c4)OCO5)C3=O)c2C)cc1. The van der Waals surface area contributed by atoms with Crippen LogP contribution in [0.1, 0.15) is 34.2 Å². The average molecular weight is 476 g/mol. The molecule has 0 bridgehead atoms. The first-order valence-electron chi connectivity index (χ1n) is 11.1. The molecule has 0 radical (unpaired) electrons. The smallest absolute Gasteiger partial charge is 0.325 e. The molecule has 5 rings (SSSR count). The highest BCUT2D eigenvalue weighted by molar-refractivity contribution is 6.11. The van der Waals surface area contributed by atoms with Gasteiger partial charge in [0.2, 0.25) is 6.79 Å². The minimum absolute atomic E-state index is 0.103. The Balaban J connectivity index is 1.39. The molecule has 9 nitrogen and oxygen atoms in total. The zero-order valence-electron chi connectivity index (χ0n) is 19.9. The zero-order chi connectivity index (χ0) is 24.9. The summed E-state index contributed by atoms with van der Waals surface area (Å²) >= 11 is 0. The molecule has 0 spiro atoms. The molecule has 2 aliphatic heterocycles. The lowest BCUT2D eigenvalue weighted by Gasteiger charge is -2.22. The number of nitrogens with zero attached hydrogens (tertiary/aromatic N) is 2. The molecule has 180 valence electrons. The van der Waals surface area contributed by atoms with Crippen LogP contribution < -0.4 is 19.5 Å². The predicted octanol–water partition coefficient (Wildman–Crippen LogP) is 3.48. The van der Waals surface area contributed by atoms with E-state index in [1.54, 1.807) is 38.3 Å². The molecule has 35 heavy (non-hydrogen) atoms. The monoisotopic (exact) mass is 475 g/mol. The Morgan fingerprint density at radius 3 is 2.49 bits per heavy atom. The van der Waals surface area contributed by atoms with Gasteiger partial charge in [-0.3, -0.25) is 14.5 Å². The summed E-state index contributed by atoms with van der Waals surface area (Å²) in [6.45, 7) is 5.10. The molecule has 1 fully saturated rings. The third-order valence-corrected chi connectivity index (χ3v) is 6.59. The van der Waals surface area contributed by atoms with Crippen molar-refractivity contribution in [3.8, 4) is 22.9 Å². The molecule has 1 atom stereocenters. The van der Waals surface area contributed by atoms with Gasteiger partial charge in [-0.25, -0.2) is 4.79 Å². The van der Waals surface area contributed by atoms with Gasteiger partial charge in [0, 0.05) is 22.6 Å². The second kappa shape index (κ2) is 8.19. The Bertz CT molecular complexity index is 1360. The van der Waals surface area contributed by atoms with Crippen LogP contribution in [-0.4, -0.2) is 47.6 Å². The van der Waals surface area contributed by atoms with E-state index in [0.717, 1.165) is 27.7 Å². The van der Waals surface area contributed by atoms with E-state index in [0.29, 0.717) is 22.6 Å². The summed E-state index contributed by atoms with van der Waals surface area (Å²) in [6, 6.07) is 13.7. The lowest BCUT2D eigenvalue weighted by Crippen LogP contribution is -2.41. The van der Waals surface area contributed by atoms with E-state index in [-0.39, 0.29) is 19.1 Å². The van der Waals surface area contributed by atoms with Gasteiger partial charge in [0.1, 0.15) is 11.3 Å². The molecule has 3 aromatic rings. The number of benzene rings is 2. The molecule has 2 aromatic carbocycles. The van der Waals surface area contributed by atoms with E-state index in [4.69, 9.17) is 14.2 Å². The summed E-state index contributed by atoms with van der Waals surface area (Å²) in [6.07, 6.45) is 0. The minimum Gasteiger partial charge on any atom is -0.497 e. The van der Waals surface area contributed by atoms with Gasteiger partial charge in [-0.1, -0.05) is 6.07 Å². The number of amides is 3. The van der Waals surface area contributed by atoms with E-state index in [1.807, 2.05) is 42.7 Å². The second-order valence-electron chi connectivity index (χ2n) is 8.76. The number of nitrogens with one attached hydrogen (secondary N) is 1. The third kappa shape index (κ3) is 3.60. The summed E-state index contributed by atoms with van der Waals surface area (Å²) in [4.78, 5) is 40.4.